The molecule has 1 aliphatic heterocycles. The molecular formula is C21H18FN3O3S. The molecule has 1 amide bonds. The van der Waals surface area contributed by atoms with Gasteiger partial charge in [-0.25, -0.2) is 9.37 Å². The number of fused-ring (bicyclic) bond motifs is 2. The molecule has 4 aromatic rings. The van der Waals surface area contributed by atoms with Crippen molar-refractivity contribution in [2.45, 2.75) is 0 Å². The first-order valence-corrected chi connectivity index (χ1v) is 10.1. The number of nitrogens with zero attached hydrogens (tertiary/aromatic N) is 3. The first-order chi connectivity index (χ1) is 14.1. The number of halogens is 1. The fourth-order valence-electron chi connectivity index (χ4n) is 3.58. The van der Waals surface area contributed by atoms with Gasteiger partial charge in [0.2, 0.25) is 0 Å². The standard InChI is InChI=1S/C21H18FN3O3S/c1-27-16-4-2-3-13-11-17(28-19(13)16)20(26)24-7-9-25(10-8-24)21-23-15-6-5-14(22)12-18(15)29-21/h2-6,11-12H,7-10H2,1H3. The number of thiazole rings is 1. The largest absolute Gasteiger partial charge is 0.493 e. The van der Waals surface area contributed by atoms with Gasteiger partial charge in [0.25, 0.3) is 5.91 Å². The lowest BCUT2D eigenvalue weighted by Gasteiger charge is -2.34. The Labute approximate surface area is 170 Å². The number of methoxy groups -OCH3 is 1. The number of hydrogen-bond acceptors (Lipinski definition) is 6. The summed E-state index contributed by atoms with van der Waals surface area (Å²) in [5.74, 6) is 0.534. The van der Waals surface area contributed by atoms with Crippen molar-refractivity contribution in [3.63, 3.8) is 0 Å². The molecule has 0 bridgehead atoms. The van der Waals surface area contributed by atoms with Gasteiger partial charge in [0.1, 0.15) is 5.82 Å². The third kappa shape index (κ3) is 3.19. The number of para-hydroxylation sites is 1. The van der Waals surface area contributed by atoms with Gasteiger partial charge in [0.15, 0.2) is 22.2 Å². The van der Waals surface area contributed by atoms with Gasteiger partial charge >= 0.3 is 0 Å². The predicted molar refractivity (Wildman–Crippen MR) is 110 cm³/mol. The zero-order valence-electron chi connectivity index (χ0n) is 15.7. The second-order valence-electron chi connectivity index (χ2n) is 6.88. The van der Waals surface area contributed by atoms with Gasteiger partial charge in [0.05, 0.1) is 17.3 Å². The number of ether oxygens (including phenoxy) is 1. The van der Waals surface area contributed by atoms with Crippen LogP contribution in [0.1, 0.15) is 10.6 Å². The van der Waals surface area contributed by atoms with Crippen LogP contribution in [0.4, 0.5) is 9.52 Å². The Balaban J connectivity index is 1.31. The lowest BCUT2D eigenvalue weighted by atomic mass is 10.2. The minimum absolute atomic E-state index is 0.130. The van der Waals surface area contributed by atoms with E-state index in [1.807, 2.05) is 18.2 Å². The van der Waals surface area contributed by atoms with E-state index >= 15 is 0 Å². The fourth-order valence-corrected chi connectivity index (χ4v) is 4.62. The normalized spacial score (nSPS) is 14.7. The zero-order valence-corrected chi connectivity index (χ0v) is 16.5. The molecule has 2 aromatic heterocycles. The maximum Gasteiger partial charge on any atom is 0.289 e. The Morgan fingerprint density at radius 1 is 1.17 bits per heavy atom. The molecule has 29 heavy (non-hydrogen) atoms. The summed E-state index contributed by atoms with van der Waals surface area (Å²) < 4.78 is 25.3. The molecule has 8 heteroatoms. The molecule has 1 aliphatic rings. The van der Waals surface area contributed by atoms with E-state index in [0.29, 0.717) is 43.3 Å². The molecule has 0 N–H and O–H groups in total. The lowest BCUT2D eigenvalue weighted by Crippen LogP contribution is -2.48. The van der Waals surface area contributed by atoms with Crippen molar-refractivity contribution in [2.75, 3.05) is 38.2 Å². The molecule has 0 atom stereocenters. The van der Waals surface area contributed by atoms with Crippen LogP contribution in [0.3, 0.4) is 0 Å². The van der Waals surface area contributed by atoms with Gasteiger partial charge < -0.3 is 19.0 Å². The van der Waals surface area contributed by atoms with Crippen LogP contribution in [0.25, 0.3) is 21.2 Å². The summed E-state index contributed by atoms with van der Waals surface area (Å²) in [5, 5.41) is 1.69. The number of hydrogen-bond donors (Lipinski definition) is 0. The van der Waals surface area contributed by atoms with E-state index in [4.69, 9.17) is 9.15 Å². The minimum Gasteiger partial charge on any atom is -0.493 e. The number of anilines is 1. The molecule has 1 saturated heterocycles. The summed E-state index contributed by atoms with van der Waals surface area (Å²) in [6.07, 6.45) is 0. The molecule has 148 valence electrons. The number of carbonyl (C=O) groups is 1. The predicted octanol–water partition coefficient (Wildman–Crippen LogP) is 4.15. The number of rotatable bonds is 3. The first kappa shape index (κ1) is 17.9. The average Bonchev–Trinajstić information content (AvgIpc) is 3.37. The third-order valence-electron chi connectivity index (χ3n) is 5.12. The second-order valence-corrected chi connectivity index (χ2v) is 7.89. The van der Waals surface area contributed by atoms with Crippen molar-refractivity contribution < 1.29 is 18.3 Å². The van der Waals surface area contributed by atoms with Crippen LogP contribution in [0, 0.1) is 5.82 Å². The summed E-state index contributed by atoms with van der Waals surface area (Å²) in [6.45, 7) is 2.46. The Kier molecular flexibility index (Phi) is 4.35. The SMILES string of the molecule is COc1cccc2cc(C(=O)N3CCN(c4nc5ccc(F)cc5s4)CC3)oc12. The van der Waals surface area contributed by atoms with Gasteiger partial charge in [-0.2, -0.15) is 0 Å². The van der Waals surface area contributed by atoms with E-state index < -0.39 is 0 Å². The smallest absolute Gasteiger partial charge is 0.289 e. The Bertz CT molecular complexity index is 1210. The summed E-state index contributed by atoms with van der Waals surface area (Å²) in [5.41, 5.74) is 1.37. The van der Waals surface area contributed by atoms with Gasteiger partial charge in [-0.05, 0) is 30.3 Å². The van der Waals surface area contributed by atoms with Crippen molar-refractivity contribution in [2.24, 2.45) is 0 Å². The van der Waals surface area contributed by atoms with Gasteiger partial charge in [-0.1, -0.05) is 23.5 Å². The van der Waals surface area contributed by atoms with Crippen LogP contribution in [0.15, 0.2) is 46.9 Å². The van der Waals surface area contributed by atoms with Gasteiger partial charge in [0, 0.05) is 31.6 Å². The van der Waals surface area contributed by atoms with E-state index in [1.165, 1.54) is 23.5 Å². The van der Waals surface area contributed by atoms with E-state index in [-0.39, 0.29) is 11.7 Å². The maximum absolute atomic E-state index is 13.4. The van der Waals surface area contributed by atoms with Crippen LogP contribution < -0.4 is 9.64 Å². The van der Waals surface area contributed by atoms with Crippen LogP contribution in [-0.2, 0) is 0 Å². The topological polar surface area (TPSA) is 58.8 Å². The van der Waals surface area contributed by atoms with Crippen LogP contribution in [0.2, 0.25) is 0 Å². The molecule has 6 nitrogen and oxygen atoms in total. The second kappa shape index (κ2) is 7.04. The van der Waals surface area contributed by atoms with E-state index in [2.05, 4.69) is 9.88 Å². The highest BCUT2D eigenvalue weighted by molar-refractivity contribution is 7.22. The Hall–Kier alpha value is -3.13. The van der Waals surface area contributed by atoms with Crippen molar-refractivity contribution >= 4 is 43.6 Å². The molecule has 0 unspecified atom stereocenters. The van der Waals surface area contributed by atoms with E-state index in [1.54, 1.807) is 24.1 Å². The average molecular weight is 411 g/mol. The molecule has 3 heterocycles. The Morgan fingerprint density at radius 2 is 2.00 bits per heavy atom. The van der Waals surface area contributed by atoms with Gasteiger partial charge in [-0.3, -0.25) is 4.79 Å². The highest BCUT2D eigenvalue weighted by Gasteiger charge is 2.26. The highest BCUT2D eigenvalue weighted by atomic mass is 32.1. The summed E-state index contributed by atoms with van der Waals surface area (Å²) in [4.78, 5) is 21.4. The summed E-state index contributed by atoms with van der Waals surface area (Å²) in [6, 6.07) is 12.0. The van der Waals surface area contributed by atoms with Crippen molar-refractivity contribution in [3.8, 4) is 5.75 Å². The molecule has 0 saturated carbocycles. The first-order valence-electron chi connectivity index (χ1n) is 9.29. The molecular weight excluding hydrogens is 393 g/mol. The summed E-state index contributed by atoms with van der Waals surface area (Å²) in [7, 11) is 1.58. The molecule has 0 spiro atoms. The van der Waals surface area contributed by atoms with Crippen molar-refractivity contribution in [1.82, 2.24) is 9.88 Å². The van der Waals surface area contributed by atoms with Crippen molar-refractivity contribution in [3.05, 3.63) is 54.0 Å². The minimum atomic E-state index is -0.259. The number of carbonyl (C=O) groups excluding carboxylic acids is 1. The highest BCUT2D eigenvalue weighted by Crippen LogP contribution is 2.31. The number of piperazine rings is 1. The quantitative estimate of drug-likeness (QED) is 0.507. The number of furan rings is 1. The monoisotopic (exact) mass is 411 g/mol. The maximum atomic E-state index is 13.4. The molecule has 0 radical (unpaired) electrons. The number of amides is 1. The van der Waals surface area contributed by atoms with Gasteiger partial charge in [-0.15, -0.1) is 0 Å². The van der Waals surface area contributed by atoms with Crippen molar-refractivity contribution in [1.29, 1.82) is 0 Å². The lowest BCUT2D eigenvalue weighted by molar-refractivity contribution is 0.0717. The molecule has 0 aliphatic carbocycles. The number of aromatic nitrogens is 1. The fraction of sp³-hybridized carbons (Fsp3) is 0.238. The summed E-state index contributed by atoms with van der Waals surface area (Å²) >= 11 is 1.47. The van der Waals surface area contributed by atoms with E-state index in [9.17, 15) is 9.18 Å². The molecule has 1 fully saturated rings. The molecule has 5 rings (SSSR count). The Morgan fingerprint density at radius 3 is 2.79 bits per heavy atom. The number of benzene rings is 2. The van der Waals surface area contributed by atoms with Crippen LogP contribution in [0.5, 0.6) is 5.75 Å². The third-order valence-corrected chi connectivity index (χ3v) is 6.19. The van der Waals surface area contributed by atoms with Crippen LogP contribution in [-0.4, -0.2) is 49.1 Å². The molecule has 2 aromatic carbocycles. The van der Waals surface area contributed by atoms with Crippen LogP contribution >= 0.6 is 11.3 Å². The van der Waals surface area contributed by atoms with E-state index in [0.717, 1.165) is 20.7 Å². The zero-order chi connectivity index (χ0) is 20.0.